The summed E-state index contributed by atoms with van der Waals surface area (Å²) in [5.41, 5.74) is 0.370. The number of carbonyl (C=O) groups excluding carboxylic acids is 1. The Kier molecular flexibility index (Phi) is 5.38. The van der Waals surface area contributed by atoms with Crippen LogP contribution in [0.1, 0.15) is 26.2 Å². The summed E-state index contributed by atoms with van der Waals surface area (Å²) in [6.45, 7) is 2.42. The molecule has 1 aliphatic carbocycles. The first kappa shape index (κ1) is 15.6. The van der Waals surface area contributed by atoms with Gasteiger partial charge in [-0.05, 0) is 38.3 Å². The van der Waals surface area contributed by atoms with Crippen LogP contribution in [0.3, 0.4) is 0 Å². The number of aliphatic hydroxyl groups excluding tert-OH is 1. The van der Waals surface area contributed by atoms with Crippen LogP contribution in [0.2, 0.25) is 0 Å². The van der Waals surface area contributed by atoms with E-state index >= 15 is 0 Å². The fourth-order valence-corrected chi connectivity index (χ4v) is 2.07. The molecule has 0 bridgehead atoms. The van der Waals surface area contributed by atoms with Gasteiger partial charge in [0, 0.05) is 24.8 Å². The minimum atomic E-state index is -0.482. The number of urea groups is 1. The van der Waals surface area contributed by atoms with Crippen LogP contribution in [0.15, 0.2) is 18.2 Å². The highest BCUT2D eigenvalue weighted by molar-refractivity contribution is 5.89. The zero-order valence-corrected chi connectivity index (χ0v) is 12.1. The van der Waals surface area contributed by atoms with Gasteiger partial charge in [0.25, 0.3) is 0 Å². The summed E-state index contributed by atoms with van der Waals surface area (Å²) in [5.74, 6) is -0.259. The summed E-state index contributed by atoms with van der Waals surface area (Å²) >= 11 is 0. The second-order valence-electron chi connectivity index (χ2n) is 5.05. The van der Waals surface area contributed by atoms with Gasteiger partial charge in [0.05, 0.1) is 12.7 Å². The van der Waals surface area contributed by atoms with Gasteiger partial charge >= 0.3 is 6.03 Å². The maximum absolute atomic E-state index is 13.9. The Labute approximate surface area is 123 Å². The molecule has 0 aliphatic heterocycles. The summed E-state index contributed by atoms with van der Waals surface area (Å²) in [4.78, 5) is 13.4. The van der Waals surface area contributed by atoms with E-state index in [0.717, 1.165) is 19.3 Å². The lowest BCUT2D eigenvalue weighted by atomic mass is 9.96. The number of ether oxygens (including phenoxy) is 1. The lowest BCUT2D eigenvalue weighted by Gasteiger charge is -2.26. The molecule has 0 unspecified atom stereocenters. The van der Waals surface area contributed by atoms with Gasteiger partial charge in [-0.2, -0.15) is 0 Å². The molecule has 2 rings (SSSR count). The Hall–Kier alpha value is -1.82. The molecule has 1 aromatic rings. The summed E-state index contributed by atoms with van der Waals surface area (Å²) in [6.07, 6.45) is 3.16. The van der Waals surface area contributed by atoms with Gasteiger partial charge in [0.2, 0.25) is 0 Å². The summed E-state index contributed by atoms with van der Waals surface area (Å²) in [6, 6.07) is 4.03. The molecule has 1 aliphatic rings. The average molecular weight is 296 g/mol. The van der Waals surface area contributed by atoms with E-state index in [1.165, 1.54) is 17.0 Å². The van der Waals surface area contributed by atoms with Crippen LogP contribution in [-0.2, 0) is 0 Å². The Morgan fingerprint density at radius 2 is 2.29 bits per heavy atom. The largest absolute Gasteiger partial charge is 0.487 e. The van der Waals surface area contributed by atoms with E-state index in [1.54, 1.807) is 6.07 Å². The van der Waals surface area contributed by atoms with E-state index in [9.17, 15) is 9.18 Å². The number of hydrogen-bond acceptors (Lipinski definition) is 3. The Morgan fingerprint density at radius 1 is 1.52 bits per heavy atom. The standard InChI is InChI=1S/C15H21FN2O3/c1-2-18(8-9-19)15(20)17-11-6-7-14(13(16)10-11)21-12-4-3-5-12/h6-7,10,12,19H,2-5,8-9H2,1H3,(H,17,20). The van der Waals surface area contributed by atoms with Crippen molar-refractivity contribution in [2.75, 3.05) is 25.0 Å². The fourth-order valence-electron chi connectivity index (χ4n) is 2.07. The van der Waals surface area contributed by atoms with Crippen LogP contribution in [0, 0.1) is 5.82 Å². The van der Waals surface area contributed by atoms with E-state index < -0.39 is 5.82 Å². The monoisotopic (exact) mass is 296 g/mol. The van der Waals surface area contributed by atoms with E-state index in [4.69, 9.17) is 9.84 Å². The van der Waals surface area contributed by atoms with Crippen molar-refractivity contribution in [3.05, 3.63) is 24.0 Å². The quantitative estimate of drug-likeness (QED) is 0.848. The fraction of sp³-hybridized carbons (Fsp3) is 0.533. The molecule has 0 heterocycles. The molecular formula is C15H21FN2O3. The predicted molar refractivity (Wildman–Crippen MR) is 78.0 cm³/mol. The maximum Gasteiger partial charge on any atom is 0.321 e. The number of anilines is 1. The van der Waals surface area contributed by atoms with Crippen molar-refractivity contribution in [3.8, 4) is 5.75 Å². The van der Waals surface area contributed by atoms with Gasteiger partial charge in [-0.25, -0.2) is 9.18 Å². The highest BCUT2D eigenvalue weighted by Gasteiger charge is 2.20. The third kappa shape index (κ3) is 4.07. The normalized spacial score (nSPS) is 14.4. The Morgan fingerprint density at radius 3 is 2.81 bits per heavy atom. The first-order chi connectivity index (χ1) is 10.1. The Bertz CT molecular complexity index is 492. The zero-order chi connectivity index (χ0) is 15.2. The topological polar surface area (TPSA) is 61.8 Å². The number of rotatable bonds is 6. The molecule has 0 radical (unpaired) electrons. The number of likely N-dealkylation sites (N-methyl/N-ethyl adjacent to an activating group) is 1. The highest BCUT2D eigenvalue weighted by atomic mass is 19.1. The van der Waals surface area contributed by atoms with Crippen LogP contribution >= 0.6 is 0 Å². The third-order valence-corrected chi connectivity index (χ3v) is 3.57. The van der Waals surface area contributed by atoms with Gasteiger partial charge in [-0.1, -0.05) is 0 Å². The van der Waals surface area contributed by atoms with Crippen LogP contribution in [-0.4, -0.2) is 41.8 Å². The summed E-state index contributed by atoms with van der Waals surface area (Å²) in [7, 11) is 0. The first-order valence-electron chi connectivity index (χ1n) is 7.27. The molecule has 5 nitrogen and oxygen atoms in total. The van der Waals surface area contributed by atoms with Gasteiger partial charge in [-0.15, -0.1) is 0 Å². The molecule has 1 aromatic carbocycles. The molecule has 2 amide bonds. The second kappa shape index (κ2) is 7.26. The van der Waals surface area contributed by atoms with Crippen molar-refractivity contribution in [1.82, 2.24) is 4.90 Å². The molecule has 2 N–H and O–H groups in total. The Balaban J connectivity index is 1.97. The van der Waals surface area contributed by atoms with Crippen molar-refractivity contribution in [2.45, 2.75) is 32.3 Å². The van der Waals surface area contributed by atoms with E-state index in [-0.39, 0.29) is 31.0 Å². The van der Waals surface area contributed by atoms with E-state index in [2.05, 4.69) is 5.32 Å². The van der Waals surface area contributed by atoms with Crippen molar-refractivity contribution < 1.29 is 19.0 Å². The lowest BCUT2D eigenvalue weighted by Crippen LogP contribution is -2.36. The molecule has 6 heteroatoms. The molecule has 0 aromatic heterocycles. The van der Waals surface area contributed by atoms with E-state index in [0.29, 0.717) is 12.2 Å². The molecule has 1 fully saturated rings. The van der Waals surface area contributed by atoms with Gasteiger partial charge in [0.1, 0.15) is 0 Å². The molecule has 21 heavy (non-hydrogen) atoms. The molecule has 0 spiro atoms. The smallest absolute Gasteiger partial charge is 0.321 e. The summed E-state index contributed by atoms with van der Waals surface area (Å²) < 4.78 is 19.4. The second-order valence-corrected chi connectivity index (χ2v) is 5.05. The predicted octanol–water partition coefficient (Wildman–Crippen LogP) is 2.60. The zero-order valence-electron chi connectivity index (χ0n) is 12.1. The van der Waals surface area contributed by atoms with Crippen LogP contribution in [0.25, 0.3) is 0 Å². The summed E-state index contributed by atoms with van der Waals surface area (Å²) in [5, 5.41) is 11.5. The number of benzene rings is 1. The van der Waals surface area contributed by atoms with Crippen molar-refractivity contribution in [1.29, 1.82) is 0 Å². The van der Waals surface area contributed by atoms with Gasteiger partial charge in [-0.3, -0.25) is 0 Å². The van der Waals surface area contributed by atoms with Crippen molar-refractivity contribution in [2.24, 2.45) is 0 Å². The third-order valence-electron chi connectivity index (χ3n) is 3.57. The minimum Gasteiger partial charge on any atom is -0.487 e. The average Bonchev–Trinajstić information content (AvgIpc) is 2.41. The van der Waals surface area contributed by atoms with Crippen molar-refractivity contribution in [3.63, 3.8) is 0 Å². The van der Waals surface area contributed by atoms with Crippen molar-refractivity contribution >= 4 is 11.7 Å². The van der Waals surface area contributed by atoms with E-state index in [1.807, 2.05) is 6.92 Å². The number of aliphatic hydroxyl groups is 1. The minimum absolute atomic E-state index is 0.107. The maximum atomic E-state index is 13.9. The number of nitrogens with zero attached hydrogens (tertiary/aromatic N) is 1. The van der Waals surface area contributed by atoms with Crippen LogP contribution < -0.4 is 10.1 Å². The molecule has 0 saturated heterocycles. The SMILES string of the molecule is CCN(CCO)C(=O)Nc1ccc(OC2CCC2)c(F)c1. The van der Waals surface area contributed by atoms with Gasteiger partial charge < -0.3 is 20.1 Å². The number of nitrogens with one attached hydrogen (secondary N) is 1. The molecular weight excluding hydrogens is 275 g/mol. The molecule has 116 valence electrons. The number of carbonyl (C=O) groups is 1. The number of amides is 2. The molecule has 0 atom stereocenters. The first-order valence-corrected chi connectivity index (χ1v) is 7.27. The number of halogens is 1. The van der Waals surface area contributed by atoms with Crippen LogP contribution in [0.4, 0.5) is 14.9 Å². The highest BCUT2D eigenvalue weighted by Crippen LogP contribution is 2.28. The lowest BCUT2D eigenvalue weighted by molar-refractivity contribution is 0.115. The molecule has 1 saturated carbocycles. The van der Waals surface area contributed by atoms with Gasteiger partial charge in [0.15, 0.2) is 11.6 Å². The van der Waals surface area contributed by atoms with Crippen LogP contribution in [0.5, 0.6) is 5.75 Å². The number of hydrogen-bond donors (Lipinski definition) is 2.